The van der Waals surface area contributed by atoms with E-state index in [-0.39, 0.29) is 5.82 Å². The summed E-state index contributed by atoms with van der Waals surface area (Å²) in [6.45, 7) is 0. The first kappa shape index (κ1) is 10.8. The van der Waals surface area contributed by atoms with Crippen LogP contribution in [0, 0.1) is 12.2 Å². The molecule has 1 aliphatic rings. The van der Waals surface area contributed by atoms with Crippen LogP contribution in [-0.4, -0.2) is 0 Å². The van der Waals surface area contributed by atoms with E-state index in [0.717, 1.165) is 10.8 Å². The fourth-order valence-corrected chi connectivity index (χ4v) is 2.88. The predicted molar refractivity (Wildman–Crippen MR) is 69.4 cm³/mol. The molecule has 0 spiro atoms. The smallest absolute Gasteiger partial charge is 0.131 e. The molecule has 0 unspecified atom stereocenters. The fraction of sp³-hybridized carbons (Fsp3) is 0.312. The first-order chi connectivity index (χ1) is 8.36. The lowest BCUT2D eigenvalue weighted by Gasteiger charge is -2.23. The molecule has 2 aromatic rings. The van der Waals surface area contributed by atoms with Crippen LogP contribution in [0.2, 0.25) is 0 Å². The van der Waals surface area contributed by atoms with E-state index in [9.17, 15) is 4.39 Å². The number of halogens is 1. The van der Waals surface area contributed by atoms with E-state index in [0.29, 0.717) is 5.92 Å². The van der Waals surface area contributed by atoms with E-state index in [1.807, 2.05) is 30.3 Å². The Bertz CT molecular complexity index is 524. The van der Waals surface area contributed by atoms with E-state index in [1.54, 1.807) is 6.07 Å². The highest BCUT2D eigenvalue weighted by molar-refractivity contribution is 5.86. The Balaban J connectivity index is 2.12. The highest BCUT2D eigenvalue weighted by Crippen LogP contribution is 2.36. The summed E-state index contributed by atoms with van der Waals surface area (Å²) in [7, 11) is 0. The lowest BCUT2D eigenvalue weighted by atomic mass is 9.82. The van der Waals surface area contributed by atoms with E-state index in [4.69, 9.17) is 0 Å². The number of hydrogen-bond acceptors (Lipinski definition) is 0. The molecule has 0 saturated heterocycles. The third kappa shape index (κ3) is 1.95. The van der Waals surface area contributed by atoms with Crippen molar-refractivity contribution in [2.75, 3.05) is 0 Å². The van der Waals surface area contributed by atoms with Gasteiger partial charge in [0.15, 0.2) is 0 Å². The lowest BCUT2D eigenvalue weighted by molar-refractivity contribution is 0.514. The molecule has 2 aromatic carbocycles. The maximum absolute atomic E-state index is 13.7. The van der Waals surface area contributed by atoms with Crippen molar-refractivity contribution in [2.24, 2.45) is 0 Å². The molecule has 0 aromatic heterocycles. The average molecular weight is 227 g/mol. The normalized spacial score (nSPS) is 17.5. The topological polar surface area (TPSA) is 0 Å². The summed E-state index contributed by atoms with van der Waals surface area (Å²) in [4.78, 5) is 0. The zero-order chi connectivity index (χ0) is 11.7. The van der Waals surface area contributed by atoms with Crippen molar-refractivity contribution in [3.05, 3.63) is 54.2 Å². The summed E-state index contributed by atoms with van der Waals surface area (Å²) in [6.07, 6.45) is 7.15. The lowest BCUT2D eigenvalue weighted by Crippen LogP contribution is -2.05. The van der Waals surface area contributed by atoms with Crippen molar-refractivity contribution in [1.82, 2.24) is 0 Å². The van der Waals surface area contributed by atoms with Gasteiger partial charge >= 0.3 is 0 Å². The number of hydrogen-bond donors (Lipinski definition) is 0. The summed E-state index contributed by atoms with van der Waals surface area (Å²) in [6, 6.07) is 11.4. The number of rotatable bonds is 1. The summed E-state index contributed by atoms with van der Waals surface area (Å²) in [5, 5.41) is 1.86. The second-order valence-electron chi connectivity index (χ2n) is 4.82. The predicted octanol–water partition coefficient (Wildman–Crippen LogP) is 4.84. The Morgan fingerprint density at radius 2 is 1.59 bits per heavy atom. The van der Waals surface area contributed by atoms with Gasteiger partial charge in [0, 0.05) is 5.39 Å². The van der Waals surface area contributed by atoms with E-state index in [1.165, 1.54) is 31.2 Å². The van der Waals surface area contributed by atoms with Crippen LogP contribution in [0.1, 0.15) is 37.2 Å². The molecule has 0 atom stereocenters. The molecule has 0 heterocycles. The van der Waals surface area contributed by atoms with E-state index >= 15 is 0 Å². The summed E-state index contributed by atoms with van der Waals surface area (Å²) < 4.78 is 13.7. The monoisotopic (exact) mass is 227 g/mol. The SMILES string of the molecule is Fc1ccc(C2CC[CH]CC2)c2ccccc12. The number of fused-ring (bicyclic) bond motifs is 1. The van der Waals surface area contributed by atoms with Crippen LogP contribution in [0.4, 0.5) is 4.39 Å². The molecule has 1 radical (unpaired) electrons. The van der Waals surface area contributed by atoms with Gasteiger partial charge in [-0.1, -0.05) is 30.3 Å². The average Bonchev–Trinajstić information content (AvgIpc) is 2.41. The fourth-order valence-electron chi connectivity index (χ4n) is 2.88. The maximum Gasteiger partial charge on any atom is 0.131 e. The molecule has 1 fully saturated rings. The van der Waals surface area contributed by atoms with Crippen LogP contribution >= 0.6 is 0 Å². The third-order valence-electron chi connectivity index (χ3n) is 3.78. The van der Waals surface area contributed by atoms with Crippen molar-refractivity contribution < 1.29 is 4.39 Å². The van der Waals surface area contributed by atoms with Crippen LogP contribution in [0.3, 0.4) is 0 Å². The second-order valence-corrected chi connectivity index (χ2v) is 4.82. The number of benzene rings is 2. The van der Waals surface area contributed by atoms with Gasteiger partial charge in [-0.3, -0.25) is 0 Å². The van der Waals surface area contributed by atoms with Gasteiger partial charge in [-0.2, -0.15) is 0 Å². The van der Waals surface area contributed by atoms with Gasteiger partial charge in [0.2, 0.25) is 0 Å². The minimum absolute atomic E-state index is 0.105. The zero-order valence-corrected chi connectivity index (χ0v) is 9.83. The molecule has 0 N–H and O–H groups in total. The van der Waals surface area contributed by atoms with Gasteiger partial charge in [-0.15, -0.1) is 0 Å². The molecule has 3 rings (SSSR count). The quantitative estimate of drug-likeness (QED) is 0.654. The Morgan fingerprint density at radius 1 is 0.882 bits per heavy atom. The van der Waals surface area contributed by atoms with Gasteiger partial charge in [0.1, 0.15) is 5.82 Å². The molecular formula is C16H16F. The molecule has 87 valence electrons. The maximum atomic E-state index is 13.7. The first-order valence-corrected chi connectivity index (χ1v) is 6.35. The van der Waals surface area contributed by atoms with Gasteiger partial charge in [0.05, 0.1) is 0 Å². The standard InChI is InChI=1S/C16H16F/c17-16-11-10-13(12-6-2-1-3-7-12)14-8-4-5-9-15(14)16/h1,4-5,8-12H,2-3,6-7H2. The molecule has 0 nitrogen and oxygen atoms in total. The van der Waals surface area contributed by atoms with Gasteiger partial charge in [-0.25, -0.2) is 4.39 Å². The van der Waals surface area contributed by atoms with Crippen LogP contribution in [0.5, 0.6) is 0 Å². The summed E-state index contributed by atoms with van der Waals surface area (Å²) >= 11 is 0. The summed E-state index contributed by atoms with van der Waals surface area (Å²) in [5.74, 6) is 0.497. The zero-order valence-electron chi connectivity index (χ0n) is 9.83. The molecule has 0 aliphatic heterocycles. The van der Waals surface area contributed by atoms with Crippen molar-refractivity contribution in [3.63, 3.8) is 0 Å². The molecule has 1 saturated carbocycles. The van der Waals surface area contributed by atoms with Crippen LogP contribution in [-0.2, 0) is 0 Å². The molecule has 17 heavy (non-hydrogen) atoms. The molecule has 1 heteroatoms. The highest BCUT2D eigenvalue weighted by Gasteiger charge is 2.18. The summed E-state index contributed by atoms with van der Waals surface area (Å²) in [5.41, 5.74) is 1.33. The molecule has 0 amide bonds. The van der Waals surface area contributed by atoms with E-state index in [2.05, 4.69) is 6.42 Å². The Labute approximate surface area is 101 Å². The highest BCUT2D eigenvalue weighted by atomic mass is 19.1. The van der Waals surface area contributed by atoms with Crippen LogP contribution in [0.15, 0.2) is 36.4 Å². The van der Waals surface area contributed by atoms with Crippen molar-refractivity contribution in [3.8, 4) is 0 Å². The minimum Gasteiger partial charge on any atom is -0.206 e. The van der Waals surface area contributed by atoms with Gasteiger partial charge in [0.25, 0.3) is 0 Å². The van der Waals surface area contributed by atoms with Gasteiger partial charge in [-0.05, 0) is 55.0 Å². The molecular weight excluding hydrogens is 211 g/mol. The molecule has 0 bridgehead atoms. The largest absolute Gasteiger partial charge is 0.206 e. The second kappa shape index (κ2) is 4.48. The van der Waals surface area contributed by atoms with E-state index < -0.39 is 0 Å². The van der Waals surface area contributed by atoms with Crippen molar-refractivity contribution in [2.45, 2.75) is 31.6 Å². The third-order valence-corrected chi connectivity index (χ3v) is 3.78. The van der Waals surface area contributed by atoms with Crippen molar-refractivity contribution >= 4 is 10.8 Å². The Kier molecular flexibility index (Phi) is 2.84. The Morgan fingerprint density at radius 3 is 2.35 bits per heavy atom. The molecule has 1 aliphatic carbocycles. The minimum atomic E-state index is -0.105. The van der Waals surface area contributed by atoms with Crippen molar-refractivity contribution in [1.29, 1.82) is 0 Å². The Hall–Kier alpha value is -1.37. The van der Waals surface area contributed by atoms with Gasteiger partial charge < -0.3 is 0 Å². The first-order valence-electron chi connectivity index (χ1n) is 6.35. The van der Waals surface area contributed by atoms with Crippen LogP contribution < -0.4 is 0 Å². The van der Waals surface area contributed by atoms with Crippen LogP contribution in [0.25, 0.3) is 10.8 Å².